The standard InChI is InChI=1S/C22H27FN2O3/c1-4-14-8-9-24(12-14)21-13(3)20-16(10-18(21)23)17(22(27)28-5-2)11-19(26)25(20)15-6-7-15/h10-11,14-15H,4-9,12H2,1-3H3. The molecule has 4 rings (SSSR count). The Bertz CT molecular complexity index is 994. The molecule has 0 amide bonds. The van der Waals surface area contributed by atoms with Crippen LogP contribution in [0.15, 0.2) is 16.9 Å². The van der Waals surface area contributed by atoms with Gasteiger partial charge in [-0.1, -0.05) is 13.3 Å². The van der Waals surface area contributed by atoms with Crippen molar-refractivity contribution in [2.24, 2.45) is 5.92 Å². The van der Waals surface area contributed by atoms with E-state index >= 15 is 4.39 Å². The smallest absolute Gasteiger partial charge is 0.339 e. The number of rotatable bonds is 5. The van der Waals surface area contributed by atoms with Gasteiger partial charge in [-0.3, -0.25) is 4.79 Å². The Kier molecular flexibility index (Phi) is 4.89. The molecule has 0 radical (unpaired) electrons. The maximum Gasteiger partial charge on any atom is 0.339 e. The van der Waals surface area contributed by atoms with Crippen molar-refractivity contribution < 1.29 is 13.9 Å². The Balaban J connectivity index is 1.96. The summed E-state index contributed by atoms with van der Waals surface area (Å²) in [4.78, 5) is 27.4. The Morgan fingerprint density at radius 2 is 2.00 bits per heavy atom. The van der Waals surface area contributed by atoms with Gasteiger partial charge in [-0.15, -0.1) is 0 Å². The summed E-state index contributed by atoms with van der Waals surface area (Å²) < 4.78 is 22.1. The van der Waals surface area contributed by atoms with Gasteiger partial charge >= 0.3 is 5.97 Å². The van der Waals surface area contributed by atoms with E-state index in [1.54, 1.807) is 11.5 Å². The maximum absolute atomic E-state index is 15.3. The fourth-order valence-corrected chi connectivity index (χ4v) is 4.48. The number of esters is 1. The quantitative estimate of drug-likeness (QED) is 0.723. The van der Waals surface area contributed by atoms with Crippen LogP contribution in [-0.2, 0) is 4.74 Å². The highest BCUT2D eigenvalue weighted by Gasteiger charge is 2.32. The van der Waals surface area contributed by atoms with Gasteiger partial charge in [0.05, 0.1) is 23.4 Å². The van der Waals surface area contributed by atoms with Gasteiger partial charge in [0.15, 0.2) is 0 Å². The summed E-state index contributed by atoms with van der Waals surface area (Å²) in [7, 11) is 0. The van der Waals surface area contributed by atoms with Crippen LogP contribution in [0.5, 0.6) is 0 Å². The Morgan fingerprint density at radius 3 is 2.61 bits per heavy atom. The van der Waals surface area contributed by atoms with E-state index in [2.05, 4.69) is 11.8 Å². The van der Waals surface area contributed by atoms with Crippen molar-refractivity contribution in [1.82, 2.24) is 4.57 Å². The van der Waals surface area contributed by atoms with E-state index in [1.165, 1.54) is 12.1 Å². The van der Waals surface area contributed by atoms with Crippen LogP contribution in [-0.4, -0.2) is 30.2 Å². The van der Waals surface area contributed by atoms with Gasteiger partial charge in [-0.2, -0.15) is 0 Å². The Hall–Kier alpha value is -2.37. The number of aryl methyl sites for hydroxylation is 1. The lowest BCUT2D eigenvalue weighted by Crippen LogP contribution is -2.25. The third-order valence-corrected chi connectivity index (χ3v) is 6.09. The minimum Gasteiger partial charge on any atom is -0.462 e. The number of fused-ring (bicyclic) bond motifs is 1. The van der Waals surface area contributed by atoms with Gasteiger partial charge in [0.25, 0.3) is 5.56 Å². The average molecular weight is 386 g/mol. The maximum atomic E-state index is 15.3. The predicted octanol–water partition coefficient (Wildman–Crippen LogP) is 4.20. The van der Waals surface area contributed by atoms with E-state index in [9.17, 15) is 9.59 Å². The molecule has 28 heavy (non-hydrogen) atoms. The molecule has 5 nitrogen and oxygen atoms in total. The third kappa shape index (κ3) is 3.09. The van der Waals surface area contributed by atoms with Gasteiger partial charge < -0.3 is 14.2 Å². The molecule has 2 fully saturated rings. The minimum atomic E-state index is -0.577. The van der Waals surface area contributed by atoms with E-state index in [4.69, 9.17) is 4.74 Å². The molecule has 1 aromatic carbocycles. The normalized spacial score (nSPS) is 19.4. The molecule has 6 heteroatoms. The van der Waals surface area contributed by atoms with Crippen molar-refractivity contribution in [3.05, 3.63) is 39.4 Å². The van der Waals surface area contributed by atoms with Gasteiger partial charge in [-0.05, 0) is 50.7 Å². The van der Waals surface area contributed by atoms with Crippen LogP contribution < -0.4 is 10.5 Å². The molecule has 150 valence electrons. The van der Waals surface area contributed by atoms with E-state index in [1.807, 2.05) is 6.92 Å². The molecule has 2 aliphatic rings. The topological polar surface area (TPSA) is 51.5 Å². The molecular formula is C22H27FN2O3. The first-order chi connectivity index (χ1) is 13.5. The van der Waals surface area contributed by atoms with Crippen LogP contribution in [0, 0.1) is 18.7 Å². The molecule has 0 bridgehead atoms. The minimum absolute atomic E-state index is 0.130. The number of hydrogen-bond acceptors (Lipinski definition) is 4. The fourth-order valence-electron chi connectivity index (χ4n) is 4.48. The molecule has 0 N–H and O–H groups in total. The number of anilines is 1. The van der Waals surface area contributed by atoms with Gasteiger partial charge in [0, 0.05) is 30.6 Å². The van der Waals surface area contributed by atoms with Crippen molar-refractivity contribution in [2.75, 3.05) is 24.6 Å². The summed E-state index contributed by atoms with van der Waals surface area (Å²) in [5.74, 6) is -0.356. The van der Waals surface area contributed by atoms with Crippen LogP contribution in [0.25, 0.3) is 10.9 Å². The molecule has 2 heterocycles. The summed E-state index contributed by atoms with van der Waals surface area (Å²) in [6, 6.07) is 2.85. The molecule has 1 aliphatic carbocycles. The summed E-state index contributed by atoms with van der Waals surface area (Å²) in [6.45, 7) is 7.59. The van der Waals surface area contributed by atoms with Gasteiger partial charge in [-0.25, -0.2) is 9.18 Å². The summed E-state index contributed by atoms with van der Waals surface area (Å²) in [6.07, 6.45) is 3.99. The monoisotopic (exact) mass is 386 g/mol. The highest BCUT2D eigenvalue weighted by Crippen LogP contribution is 2.41. The van der Waals surface area contributed by atoms with Gasteiger partial charge in [0.2, 0.25) is 0 Å². The lowest BCUT2D eigenvalue weighted by atomic mass is 10.0. The number of hydrogen-bond donors (Lipinski definition) is 0. The molecule has 1 aliphatic heterocycles. The van der Waals surface area contributed by atoms with Crippen molar-refractivity contribution in [1.29, 1.82) is 0 Å². The lowest BCUT2D eigenvalue weighted by molar-refractivity contribution is 0.0528. The van der Waals surface area contributed by atoms with Crippen molar-refractivity contribution in [2.45, 2.75) is 52.5 Å². The average Bonchev–Trinajstić information content (AvgIpc) is 3.39. The molecule has 1 saturated heterocycles. The molecule has 2 aromatic rings. The van der Waals surface area contributed by atoms with Crippen LogP contribution in [0.3, 0.4) is 0 Å². The summed E-state index contributed by atoms with van der Waals surface area (Å²) >= 11 is 0. The SMILES string of the molecule is CCOC(=O)c1cc(=O)n(C2CC2)c2c(C)c(N3CCC(CC)C3)c(F)cc12. The number of ether oxygens (including phenoxy) is 1. The van der Waals surface area contributed by atoms with Gasteiger partial charge in [0.1, 0.15) is 5.82 Å². The number of nitrogens with zero attached hydrogens (tertiary/aromatic N) is 2. The first-order valence-corrected chi connectivity index (χ1v) is 10.3. The van der Waals surface area contributed by atoms with Crippen molar-refractivity contribution in [3.63, 3.8) is 0 Å². The van der Waals surface area contributed by atoms with E-state index in [0.29, 0.717) is 22.5 Å². The molecule has 0 spiro atoms. The predicted molar refractivity (Wildman–Crippen MR) is 108 cm³/mol. The Labute approximate surface area is 164 Å². The van der Waals surface area contributed by atoms with E-state index in [0.717, 1.165) is 44.3 Å². The second-order valence-electron chi connectivity index (χ2n) is 7.96. The molecule has 1 aromatic heterocycles. The fraction of sp³-hybridized carbons (Fsp3) is 0.545. The lowest BCUT2D eigenvalue weighted by Gasteiger charge is -2.24. The van der Waals surface area contributed by atoms with Crippen molar-refractivity contribution in [3.8, 4) is 0 Å². The third-order valence-electron chi connectivity index (χ3n) is 6.09. The number of pyridine rings is 1. The second kappa shape index (κ2) is 7.22. The number of benzene rings is 1. The number of carbonyl (C=O) groups is 1. The number of carbonyl (C=O) groups excluding carboxylic acids is 1. The number of halogens is 1. The largest absolute Gasteiger partial charge is 0.462 e. The first-order valence-electron chi connectivity index (χ1n) is 10.3. The van der Waals surface area contributed by atoms with Crippen LogP contribution in [0.2, 0.25) is 0 Å². The Morgan fingerprint density at radius 1 is 1.25 bits per heavy atom. The van der Waals surface area contributed by atoms with Crippen molar-refractivity contribution >= 4 is 22.6 Å². The van der Waals surface area contributed by atoms with Crippen LogP contribution in [0.4, 0.5) is 10.1 Å². The van der Waals surface area contributed by atoms with Crippen LogP contribution >= 0.6 is 0 Å². The zero-order valence-corrected chi connectivity index (χ0v) is 16.8. The molecule has 1 atom stereocenters. The summed E-state index contributed by atoms with van der Waals surface area (Å²) in [5, 5.41) is 0.468. The highest BCUT2D eigenvalue weighted by atomic mass is 19.1. The zero-order chi connectivity index (χ0) is 20.0. The number of aromatic nitrogens is 1. The summed E-state index contributed by atoms with van der Waals surface area (Å²) in [5.41, 5.74) is 1.92. The van der Waals surface area contributed by atoms with E-state index in [-0.39, 0.29) is 29.6 Å². The second-order valence-corrected chi connectivity index (χ2v) is 7.96. The molecular weight excluding hydrogens is 359 g/mol. The molecule has 1 saturated carbocycles. The zero-order valence-electron chi connectivity index (χ0n) is 16.8. The molecule has 1 unspecified atom stereocenters. The first kappa shape index (κ1) is 19.0. The van der Waals surface area contributed by atoms with Crippen LogP contribution in [0.1, 0.15) is 61.5 Å². The van der Waals surface area contributed by atoms with E-state index < -0.39 is 5.97 Å². The highest BCUT2D eigenvalue weighted by molar-refractivity contribution is 6.05.